The van der Waals surface area contributed by atoms with Gasteiger partial charge in [0.05, 0.1) is 16.8 Å². The first-order valence-corrected chi connectivity index (χ1v) is 13.7. The molecule has 4 N–H and O–H groups in total. The third kappa shape index (κ3) is 5.04. The van der Waals surface area contributed by atoms with Crippen LogP contribution in [0.15, 0.2) is 42.6 Å². The summed E-state index contributed by atoms with van der Waals surface area (Å²) in [4.78, 5) is 15.6. The van der Waals surface area contributed by atoms with Gasteiger partial charge in [0.2, 0.25) is 10.0 Å². The Hall–Kier alpha value is -2.68. The Morgan fingerprint density at radius 1 is 1.12 bits per heavy atom. The van der Waals surface area contributed by atoms with Gasteiger partial charge in [0.25, 0.3) is 5.91 Å². The van der Waals surface area contributed by atoms with E-state index in [9.17, 15) is 13.2 Å². The normalized spacial score (nSPS) is 15.7. The lowest BCUT2D eigenvalue weighted by Crippen LogP contribution is -2.38. The van der Waals surface area contributed by atoms with Crippen molar-refractivity contribution in [3.8, 4) is 11.1 Å². The van der Waals surface area contributed by atoms with E-state index < -0.39 is 15.9 Å². The number of amides is 1. The molecule has 1 saturated heterocycles. The summed E-state index contributed by atoms with van der Waals surface area (Å²) in [6.45, 7) is 6.72. The molecule has 0 radical (unpaired) electrons. The number of carbonyl (C=O) groups is 1. The molecule has 8 heteroatoms. The summed E-state index contributed by atoms with van der Waals surface area (Å²) in [5.41, 5.74) is 11.3. The molecule has 0 atom stereocenters. The number of rotatable bonds is 9. The van der Waals surface area contributed by atoms with Crippen molar-refractivity contribution in [2.75, 3.05) is 31.9 Å². The molecule has 0 spiro atoms. The number of carbonyl (C=O) groups excluding carboxylic acids is 1. The summed E-state index contributed by atoms with van der Waals surface area (Å²) < 4.78 is 26.1. The first-order valence-electron chi connectivity index (χ1n) is 12.1. The van der Waals surface area contributed by atoms with E-state index in [-0.39, 0.29) is 11.7 Å². The fraction of sp³-hybridized carbons (Fsp3) is 0.423. The summed E-state index contributed by atoms with van der Waals surface area (Å²) in [7, 11) is -3.17. The molecule has 3 aromatic rings. The first kappa shape index (κ1) is 24.4. The van der Waals surface area contributed by atoms with Gasteiger partial charge in [-0.1, -0.05) is 31.2 Å². The number of aromatic amines is 1. The Bertz CT molecular complexity index is 1260. The van der Waals surface area contributed by atoms with Crippen LogP contribution in [0.2, 0.25) is 0 Å². The summed E-state index contributed by atoms with van der Waals surface area (Å²) in [5.74, 6) is -0.114. The van der Waals surface area contributed by atoms with E-state index in [1.165, 1.54) is 5.56 Å². The zero-order chi connectivity index (χ0) is 24.3. The van der Waals surface area contributed by atoms with E-state index in [2.05, 4.69) is 47.6 Å². The molecule has 2 heterocycles. The Balaban J connectivity index is 1.64. The van der Waals surface area contributed by atoms with Crippen molar-refractivity contribution in [2.45, 2.75) is 39.0 Å². The lowest BCUT2D eigenvalue weighted by Gasteiger charge is -2.31. The summed E-state index contributed by atoms with van der Waals surface area (Å²) in [5, 5.41) is 4.33. The van der Waals surface area contributed by atoms with Crippen LogP contribution in [0.4, 0.5) is 0 Å². The Morgan fingerprint density at radius 3 is 2.44 bits per heavy atom. The van der Waals surface area contributed by atoms with Crippen LogP contribution in [0.3, 0.4) is 0 Å². The highest BCUT2D eigenvalue weighted by atomic mass is 32.2. The number of benzene rings is 2. The third-order valence-corrected chi connectivity index (χ3v) is 8.75. The minimum Gasteiger partial charge on any atom is -0.366 e. The maximum Gasteiger partial charge on any atom is 0.250 e. The van der Waals surface area contributed by atoms with E-state index in [4.69, 9.17) is 5.73 Å². The van der Waals surface area contributed by atoms with Crippen LogP contribution in [-0.4, -0.2) is 55.5 Å². The quantitative estimate of drug-likeness (QED) is 0.405. The fourth-order valence-electron chi connectivity index (χ4n) is 4.85. The van der Waals surface area contributed by atoms with Crippen molar-refractivity contribution in [1.82, 2.24) is 14.6 Å². The van der Waals surface area contributed by atoms with Crippen molar-refractivity contribution in [2.24, 2.45) is 5.73 Å². The van der Waals surface area contributed by atoms with E-state index in [1.807, 2.05) is 12.3 Å². The Kier molecular flexibility index (Phi) is 7.40. The second-order valence-corrected chi connectivity index (χ2v) is 11.2. The topological polar surface area (TPSA) is 108 Å². The van der Waals surface area contributed by atoms with Gasteiger partial charge in [-0.15, -0.1) is 0 Å². The predicted octanol–water partition coefficient (Wildman–Crippen LogP) is 3.61. The Morgan fingerprint density at radius 2 is 1.82 bits per heavy atom. The van der Waals surface area contributed by atoms with Gasteiger partial charge in [0.15, 0.2) is 0 Å². The average molecular weight is 483 g/mol. The zero-order valence-corrected chi connectivity index (χ0v) is 20.7. The number of primary amides is 1. The lowest BCUT2D eigenvalue weighted by atomic mass is 9.88. The largest absolute Gasteiger partial charge is 0.366 e. The van der Waals surface area contributed by atoms with E-state index in [0.29, 0.717) is 18.7 Å². The molecule has 1 aliphatic heterocycles. The van der Waals surface area contributed by atoms with Gasteiger partial charge < -0.3 is 16.0 Å². The van der Waals surface area contributed by atoms with Crippen molar-refractivity contribution in [3.63, 3.8) is 0 Å². The predicted molar refractivity (Wildman–Crippen MR) is 138 cm³/mol. The molecule has 0 bridgehead atoms. The number of fused-ring (bicyclic) bond motifs is 1. The average Bonchev–Trinajstić information content (AvgIpc) is 3.28. The number of aromatic nitrogens is 1. The molecular weight excluding hydrogens is 448 g/mol. The second-order valence-electron chi connectivity index (χ2n) is 8.93. The highest BCUT2D eigenvalue weighted by Crippen LogP contribution is 2.37. The minimum absolute atomic E-state index is 0.129. The molecule has 7 nitrogen and oxygen atoms in total. The molecule has 34 heavy (non-hydrogen) atoms. The molecule has 4 rings (SSSR count). The number of nitrogens with two attached hydrogens (primary N) is 1. The number of nitrogens with one attached hydrogen (secondary N) is 2. The molecule has 2 aromatic carbocycles. The molecule has 1 fully saturated rings. The highest BCUT2D eigenvalue weighted by molar-refractivity contribution is 7.89. The monoisotopic (exact) mass is 482 g/mol. The van der Waals surface area contributed by atoms with Gasteiger partial charge in [0, 0.05) is 24.7 Å². The van der Waals surface area contributed by atoms with Gasteiger partial charge in [-0.25, -0.2) is 12.7 Å². The van der Waals surface area contributed by atoms with Crippen LogP contribution < -0.4 is 11.1 Å². The molecular formula is C26H34N4O3S. The summed E-state index contributed by atoms with van der Waals surface area (Å²) in [6.07, 6.45) is 4.43. The standard InChI is InChI=1S/C26H34N4O3S/c1-3-28-12-9-18-5-7-19(8-6-18)21-15-22-24(17-29-25(22)23(16-21)26(27)31)20-10-13-30(14-11-20)34(32,33)4-2/h5-8,15-17,20,28-29H,3-4,9-14H2,1-2H3,(H2,27,31). The molecule has 0 unspecified atom stereocenters. The summed E-state index contributed by atoms with van der Waals surface area (Å²) >= 11 is 0. The van der Waals surface area contributed by atoms with E-state index >= 15 is 0 Å². The van der Waals surface area contributed by atoms with Crippen LogP contribution in [0.1, 0.15) is 54.1 Å². The highest BCUT2D eigenvalue weighted by Gasteiger charge is 2.29. The molecule has 1 aromatic heterocycles. The molecule has 0 aliphatic carbocycles. The SMILES string of the molecule is CCNCCc1ccc(-c2cc(C(N)=O)c3[nH]cc(C4CCN(S(=O)(=O)CC)CC4)c3c2)cc1. The van der Waals surface area contributed by atoms with Crippen molar-refractivity contribution < 1.29 is 13.2 Å². The first-order chi connectivity index (χ1) is 16.3. The van der Waals surface area contributed by atoms with Crippen LogP contribution in [0, 0.1) is 0 Å². The maximum absolute atomic E-state index is 12.3. The number of nitrogens with zero attached hydrogens (tertiary/aromatic N) is 1. The number of likely N-dealkylation sites (N-methyl/N-ethyl adjacent to an activating group) is 1. The van der Waals surface area contributed by atoms with Gasteiger partial charge in [0.1, 0.15) is 0 Å². The number of sulfonamides is 1. The second kappa shape index (κ2) is 10.3. The van der Waals surface area contributed by atoms with Gasteiger partial charge in [-0.2, -0.15) is 0 Å². The van der Waals surface area contributed by atoms with Crippen molar-refractivity contribution in [3.05, 3.63) is 59.3 Å². The summed E-state index contributed by atoms with van der Waals surface area (Å²) in [6, 6.07) is 12.4. The molecule has 182 valence electrons. The Labute approximate surface area is 201 Å². The molecule has 1 amide bonds. The smallest absolute Gasteiger partial charge is 0.250 e. The fourth-order valence-corrected chi connectivity index (χ4v) is 5.98. The van der Waals surface area contributed by atoms with E-state index in [0.717, 1.165) is 59.9 Å². The number of hydrogen-bond acceptors (Lipinski definition) is 4. The number of piperidine rings is 1. The van der Waals surface area contributed by atoms with Crippen LogP contribution in [-0.2, 0) is 16.4 Å². The van der Waals surface area contributed by atoms with Crippen molar-refractivity contribution in [1.29, 1.82) is 0 Å². The van der Waals surface area contributed by atoms with Crippen LogP contribution in [0.25, 0.3) is 22.0 Å². The van der Waals surface area contributed by atoms with Crippen molar-refractivity contribution >= 4 is 26.8 Å². The van der Waals surface area contributed by atoms with Crippen LogP contribution >= 0.6 is 0 Å². The van der Waals surface area contributed by atoms with Crippen LogP contribution in [0.5, 0.6) is 0 Å². The van der Waals surface area contributed by atoms with Gasteiger partial charge in [-0.05, 0) is 79.6 Å². The maximum atomic E-state index is 12.3. The number of H-pyrrole nitrogens is 1. The molecule has 1 aliphatic rings. The van der Waals surface area contributed by atoms with Gasteiger partial charge in [-0.3, -0.25) is 4.79 Å². The number of hydrogen-bond donors (Lipinski definition) is 3. The lowest BCUT2D eigenvalue weighted by molar-refractivity contribution is 0.100. The minimum atomic E-state index is -3.17. The van der Waals surface area contributed by atoms with E-state index in [1.54, 1.807) is 11.2 Å². The zero-order valence-electron chi connectivity index (χ0n) is 19.9. The van der Waals surface area contributed by atoms with Gasteiger partial charge >= 0.3 is 0 Å². The third-order valence-electron chi connectivity index (χ3n) is 6.87. The molecule has 0 saturated carbocycles.